The Balaban J connectivity index is 3.08. The topological polar surface area (TPSA) is 139 Å². The van der Waals surface area contributed by atoms with Crippen molar-refractivity contribution in [1.29, 1.82) is 0 Å². The molecule has 12 heteroatoms. The predicted octanol–water partition coefficient (Wildman–Crippen LogP) is 0.556. The summed E-state index contributed by atoms with van der Waals surface area (Å²) in [6, 6.07) is 0. The number of hydrogen-bond acceptors (Lipinski definition) is 7. The van der Waals surface area contributed by atoms with E-state index in [1.54, 1.807) is 0 Å². The first kappa shape index (κ1) is 11.6. The maximum atomic E-state index is 13.5. The predicted molar refractivity (Wildman–Crippen MR) is 46.2 cm³/mol. The fourth-order valence-electron chi connectivity index (χ4n) is 1.34. The largest absolute Gasteiger partial charge is 0.369 e. The van der Waals surface area contributed by atoms with Crippen LogP contribution in [-0.2, 0) is 0 Å². The summed E-state index contributed by atoms with van der Waals surface area (Å²) in [6.07, 6.45) is 0. The van der Waals surface area contributed by atoms with Crippen molar-refractivity contribution in [2.75, 3.05) is 0 Å². The van der Waals surface area contributed by atoms with E-state index in [2.05, 4.69) is 9.79 Å². The van der Waals surface area contributed by atoms with Crippen molar-refractivity contribution in [2.45, 2.75) is 0 Å². The number of fused-ring (bicyclic) bond motifs is 1. The second kappa shape index (κ2) is 3.54. The van der Waals surface area contributed by atoms with Gasteiger partial charge < -0.3 is 5.21 Å². The Morgan fingerprint density at radius 3 is 2.17 bits per heavy atom. The highest BCUT2D eigenvalue weighted by atomic mass is 19.1. The molecule has 10 nitrogen and oxygen atoms in total. The number of aromatic nitrogens is 2. The number of benzene rings is 1. The van der Waals surface area contributed by atoms with Crippen molar-refractivity contribution >= 4 is 22.4 Å². The summed E-state index contributed by atoms with van der Waals surface area (Å²) >= 11 is 0. The van der Waals surface area contributed by atoms with Gasteiger partial charge >= 0.3 is 16.9 Å². The van der Waals surface area contributed by atoms with Gasteiger partial charge in [-0.05, 0) is 4.90 Å². The van der Waals surface area contributed by atoms with E-state index in [1.807, 2.05) is 0 Å². The molecule has 94 valence electrons. The van der Waals surface area contributed by atoms with Crippen LogP contribution in [-0.4, -0.2) is 15.0 Å². The Kier molecular flexibility index (Phi) is 2.27. The van der Waals surface area contributed by atoms with E-state index in [0.29, 0.717) is 0 Å². The van der Waals surface area contributed by atoms with Gasteiger partial charge in [-0.2, -0.15) is 8.78 Å². The summed E-state index contributed by atoms with van der Waals surface area (Å²) in [6.45, 7) is 0. The van der Waals surface area contributed by atoms with Crippen molar-refractivity contribution in [3.63, 3.8) is 0 Å². The van der Waals surface area contributed by atoms with Gasteiger partial charge in [0.15, 0.2) is 0 Å². The molecule has 0 N–H and O–H groups in total. The van der Waals surface area contributed by atoms with E-state index in [4.69, 9.17) is 0 Å². The minimum Gasteiger partial charge on any atom is -0.359 e. The summed E-state index contributed by atoms with van der Waals surface area (Å²) in [5, 5.41) is 34.7. The molecular weight excluding hydrogens is 262 g/mol. The maximum Gasteiger partial charge on any atom is 0.369 e. The van der Waals surface area contributed by atoms with Crippen LogP contribution in [0.5, 0.6) is 0 Å². The molecule has 2 aromatic rings. The smallest absolute Gasteiger partial charge is 0.359 e. The fourth-order valence-corrected chi connectivity index (χ4v) is 1.34. The first-order valence-electron chi connectivity index (χ1n) is 4.05. The van der Waals surface area contributed by atoms with E-state index >= 15 is 0 Å². The van der Waals surface area contributed by atoms with Crippen LogP contribution in [0.15, 0.2) is 4.63 Å². The third-order valence-corrected chi connectivity index (χ3v) is 2.03. The van der Waals surface area contributed by atoms with Gasteiger partial charge in [-0.1, -0.05) is 0 Å². The summed E-state index contributed by atoms with van der Waals surface area (Å²) in [5.74, 6) is -3.93. The van der Waals surface area contributed by atoms with Crippen LogP contribution in [0, 0.1) is 37.1 Å². The molecular formula is C6F2N4O6. The normalized spacial score (nSPS) is 10.8. The highest BCUT2D eigenvalue weighted by Crippen LogP contribution is 2.35. The molecule has 1 aromatic carbocycles. The SMILES string of the molecule is O=[N+]([O-])c1c(F)c([N+](=O)[O-])c2no[n+]([O-])c2c1F. The van der Waals surface area contributed by atoms with Gasteiger partial charge in [-0.3, -0.25) is 24.9 Å². The lowest BCUT2D eigenvalue weighted by atomic mass is 10.2. The Morgan fingerprint density at radius 1 is 1.11 bits per heavy atom. The van der Waals surface area contributed by atoms with Crippen molar-refractivity contribution in [3.05, 3.63) is 37.1 Å². The third kappa shape index (κ3) is 1.32. The zero-order valence-corrected chi connectivity index (χ0v) is 7.99. The molecule has 0 radical (unpaired) electrons. The third-order valence-electron chi connectivity index (χ3n) is 2.03. The van der Waals surface area contributed by atoms with Crippen LogP contribution < -0.4 is 4.90 Å². The molecule has 0 spiro atoms. The van der Waals surface area contributed by atoms with Crippen molar-refractivity contribution in [3.8, 4) is 0 Å². The summed E-state index contributed by atoms with van der Waals surface area (Å²) < 4.78 is 30.8. The average Bonchev–Trinajstić information content (AvgIpc) is 2.59. The quantitative estimate of drug-likeness (QED) is 0.437. The van der Waals surface area contributed by atoms with Crippen molar-refractivity contribution in [1.82, 2.24) is 5.16 Å². The Bertz CT molecular complexity index is 697. The highest BCUT2D eigenvalue weighted by molar-refractivity contribution is 5.85. The molecule has 18 heavy (non-hydrogen) atoms. The standard InChI is InChI=1S/C6F2N4O6/c7-1-4(10(13)14)2(8)6-3(5(1)11(15)16)9-18-12(6)17. The van der Waals surface area contributed by atoms with Gasteiger partial charge in [0.2, 0.25) is 0 Å². The van der Waals surface area contributed by atoms with Crippen molar-refractivity contribution < 1.29 is 28.2 Å². The minimum absolute atomic E-state index is 0.621. The molecule has 2 rings (SSSR count). The summed E-state index contributed by atoms with van der Waals surface area (Å²) in [7, 11) is 0. The molecule has 0 aliphatic carbocycles. The lowest BCUT2D eigenvalue weighted by Crippen LogP contribution is -2.24. The summed E-state index contributed by atoms with van der Waals surface area (Å²) in [5.41, 5.74) is -5.58. The molecule has 0 unspecified atom stereocenters. The number of rotatable bonds is 2. The van der Waals surface area contributed by atoms with Crippen LogP contribution in [0.1, 0.15) is 0 Å². The number of hydrogen-bond donors (Lipinski definition) is 0. The van der Waals surface area contributed by atoms with E-state index in [-0.39, 0.29) is 0 Å². The molecule has 0 saturated heterocycles. The zero-order valence-electron chi connectivity index (χ0n) is 7.99. The molecule has 0 amide bonds. The number of nitrogens with zero attached hydrogens (tertiary/aromatic N) is 4. The number of halogens is 2. The van der Waals surface area contributed by atoms with Gasteiger partial charge in [0.05, 0.1) is 15.0 Å². The lowest BCUT2D eigenvalue weighted by Gasteiger charge is -1.96. The molecule has 0 saturated carbocycles. The van der Waals surface area contributed by atoms with E-state index in [1.165, 1.54) is 0 Å². The maximum absolute atomic E-state index is 13.5. The van der Waals surface area contributed by atoms with Gasteiger partial charge in [-0.25, -0.2) is 0 Å². The highest BCUT2D eigenvalue weighted by Gasteiger charge is 2.41. The molecule has 1 heterocycles. The van der Waals surface area contributed by atoms with Gasteiger partial charge in [-0.15, -0.1) is 0 Å². The van der Waals surface area contributed by atoms with Crippen LogP contribution >= 0.6 is 0 Å². The summed E-state index contributed by atoms with van der Waals surface area (Å²) in [4.78, 5) is 17.5. The Labute approximate surface area is 93.8 Å². The Morgan fingerprint density at radius 2 is 1.67 bits per heavy atom. The van der Waals surface area contributed by atoms with Crippen LogP contribution in [0.2, 0.25) is 0 Å². The molecule has 0 bridgehead atoms. The lowest BCUT2D eigenvalue weighted by molar-refractivity contribution is -0.782. The van der Waals surface area contributed by atoms with Crippen LogP contribution in [0.25, 0.3) is 11.0 Å². The monoisotopic (exact) mass is 262 g/mol. The molecule has 0 aliphatic heterocycles. The van der Waals surface area contributed by atoms with Crippen LogP contribution in [0.4, 0.5) is 20.2 Å². The molecule has 0 atom stereocenters. The van der Waals surface area contributed by atoms with Gasteiger partial charge in [0.1, 0.15) is 0 Å². The van der Waals surface area contributed by atoms with E-state index < -0.39 is 48.8 Å². The molecule has 0 fully saturated rings. The molecule has 0 aliphatic rings. The second-order valence-corrected chi connectivity index (χ2v) is 2.97. The minimum atomic E-state index is -2.04. The second-order valence-electron chi connectivity index (χ2n) is 2.97. The van der Waals surface area contributed by atoms with Gasteiger partial charge in [0.25, 0.3) is 17.2 Å². The van der Waals surface area contributed by atoms with E-state index in [0.717, 1.165) is 0 Å². The van der Waals surface area contributed by atoms with Crippen LogP contribution in [0.3, 0.4) is 0 Å². The zero-order chi connectivity index (χ0) is 13.6. The molecule has 1 aromatic heterocycles. The van der Waals surface area contributed by atoms with E-state index in [9.17, 15) is 34.2 Å². The average molecular weight is 262 g/mol. The van der Waals surface area contributed by atoms with Gasteiger partial charge in [0, 0.05) is 0 Å². The van der Waals surface area contributed by atoms with Crippen molar-refractivity contribution in [2.24, 2.45) is 0 Å². The fraction of sp³-hybridized carbons (Fsp3) is 0. The first-order chi connectivity index (χ1) is 8.36. The number of nitro benzene ring substituents is 2. The number of nitro groups is 2. The Hall–Kier alpha value is -2.92. The first-order valence-corrected chi connectivity index (χ1v) is 4.05.